The summed E-state index contributed by atoms with van der Waals surface area (Å²) in [6.07, 6.45) is 3.84. The topological polar surface area (TPSA) is 74.8 Å². The molecule has 1 aliphatic rings. The summed E-state index contributed by atoms with van der Waals surface area (Å²) >= 11 is 1.62. The molecule has 134 valence electrons. The molecule has 5 nitrogen and oxygen atoms in total. The Morgan fingerprint density at radius 1 is 1.23 bits per heavy atom. The lowest BCUT2D eigenvalue weighted by molar-refractivity contribution is -0.116. The maximum absolute atomic E-state index is 12.4. The number of aromatic amines is 1. The normalized spacial score (nSPS) is 13.2. The molecule has 0 aliphatic heterocycles. The van der Waals surface area contributed by atoms with Crippen molar-refractivity contribution in [2.45, 2.75) is 46.0 Å². The van der Waals surface area contributed by atoms with E-state index < -0.39 is 0 Å². The van der Waals surface area contributed by atoms with Crippen LogP contribution in [0.2, 0.25) is 0 Å². The van der Waals surface area contributed by atoms with Crippen LogP contribution in [0.25, 0.3) is 10.2 Å². The Morgan fingerprint density at radius 3 is 2.77 bits per heavy atom. The second-order valence-corrected chi connectivity index (χ2v) is 8.06. The van der Waals surface area contributed by atoms with Crippen molar-refractivity contribution in [3.05, 3.63) is 55.9 Å². The van der Waals surface area contributed by atoms with Crippen molar-refractivity contribution in [1.29, 1.82) is 0 Å². The van der Waals surface area contributed by atoms with Gasteiger partial charge in [0.25, 0.3) is 5.56 Å². The van der Waals surface area contributed by atoms with Crippen molar-refractivity contribution in [2.24, 2.45) is 0 Å². The number of nitrogens with zero attached hydrogens (tertiary/aromatic N) is 1. The third-order valence-corrected chi connectivity index (χ3v) is 5.90. The van der Waals surface area contributed by atoms with Gasteiger partial charge in [-0.05, 0) is 61.9 Å². The Kier molecular flexibility index (Phi) is 4.36. The van der Waals surface area contributed by atoms with Gasteiger partial charge < -0.3 is 10.3 Å². The number of rotatable bonds is 4. The molecule has 1 aliphatic carbocycles. The van der Waals surface area contributed by atoms with Crippen LogP contribution >= 0.6 is 11.3 Å². The van der Waals surface area contributed by atoms with Crippen molar-refractivity contribution >= 4 is 33.1 Å². The maximum atomic E-state index is 12.4. The highest BCUT2D eigenvalue weighted by atomic mass is 32.1. The molecule has 2 aromatic heterocycles. The van der Waals surface area contributed by atoms with Crippen LogP contribution in [-0.4, -0.2) is 15.9 Å². The van der Waals surface area contributed by atoms with Crippen LogP contribution in [0.1, 0.15) is 40.2 Å². The van der Waals surface area contributed by atoms with E-state index in [9.17, 15) is 9.59 Å². The van der Waals surface area contributed by atoms with Crippen LogP contribution in [0.3, 0.4) is 0 Å². The lowest BCUT2D eigenvalue weighted by atomic mass is 10.1. The third kappa shape index (κ3) is 3.29. The summed E-state index contributed by atoms with van der Waals surface area (Å²) in [6, 6.07) is 5.96. The molecule has 3 aromatic rings. The monoisotopic (exact) mass is 367 g/mol. The Hall–Kier alpha value is -2.47. The first-order chi connectivity index (χ1) is 12.5. The van der Waals surface area contributed by atoms with Gasteiger partial charge in [0.05, 0.1) is 5.39 Å². The standard InChI is InChI=1S/C20H21N3O2S/c1-11-8-12(2)10-13(9-11)21-17(24)7-6-16-22-19(25)18-14-4-3-5-15(14)26-20(18)23-16/h8-10H,3-7H2,1-2H3,(H,21,24)(H,22,23,25). The molecule has 0 bridgehead atoms. The fraction of sp³-hybridized carbons (Fsp3) is 0.350. The van der Waals surface area contributed by atoms with E-state index in [-0.39, 0.29) is 17.9 Å². The van der Waals surface area contributed by atoms with Crippen molar-refractivity contribution in [3.8, 4) is 0 Å². The molecule has 0 atom stereocenters. The molecule has 0 spiro atoms. The molecule has 4 rings (SSSR count). The number of benzene rings is 1. The van der Waals surface area contributed by atoms with E-state index >= 15 is 0 Å². The minimum Gasteiger partial charge on any atom is -0.326 e. The number of aromatic nitrogens is 2. The molecule has 2 N–H and O–H groups in total. The number of carbonyl (C=O) groups is 1. The second-order valence-electron chi connectivity index (χ2n) is 6.97. The lowest BCUT2D eigenvalue weighted by Gasteiger charge is -2.07. The van der Waals surface area contributed by atoms with Crippen LogP contribution in [0, 0.1) is 13.8 Å². The summed E-state index contributed by atoms with van der Waals surface area (Å²) in [7, 11) is 0. The first-order valence-electron chi connectivity index (χ1n) is 8.91. The lowest BCUT2D eigenvalue weighted by Crippen LogP contribution is -2.16. The minimum absolute atomic E-state index is 0.0703. The predicted molar refractivity (Wildman–Crippen MR) is 105 cm³/mol. The van der Waals surface area contributed by atoms with Crippen LogP contribution in [0.5, 0.6) is 0 Å². The predicted octanol–water partition coefficient (Wildman–Crippen LogP) is 3.66. The van der Waals surface area contributed by atoms with E-state index in [1.807, 2.05) is 26.0 Å². The smallest absolute Gasteiger partial charge is 0.259 e. The molecule has 0 saturated carbocycles. The zero-order chi connectivity index (χ0) is 18.3. The van der Waals surface area contributed by atoms with Gasteiger partial charge in [0.15, 0.2) is 0 Å². The van der Waals surface area contributed by atoms with Gasteiger partial charge in [0, 0.05) is 23.4 Å². The minimum atomic E-state index is -0.0774. The largest absolute Gasteiger partial charge is 0.326 e. The van der Waals surface area contributed by atoms with Gasteiger partial charge in [-0.15, -0.1) is 11.3 Å². The van der Waals surface area contributed by atoms with Crippen LogP contribution < -0.4 is 10.9 Å². The van der Waals surface area contributed by atoms with Crippen LogP contribution in [0.4, 0.5) is 5.69 Å². The fourth-order valence-corrected chi connectivity index (χ4v) is 4.95. The van der Waals surface area contributed by atoms with Gasteiger partial charge in [-0.2, -0.15) is 0 Å². The average molecular weight is 367 g/mol. The zero-order valence-corrected chi connectivity index (χ0v) is 15.8. The van der Waals surface area contributed by atoms with Gasteiger partial charge in [-0.3, -0.25) is 9.59 Å². The van der Waals surface area contributed by atoms with E-state index in [2.05, 4.69) is 21.4 Å². The highest BCUT2D eigenvalue weighted by Crippen LogP contribution is 2.34. The molecule has 0 fully saturated rings. The summed E-state index contributed by atoms with van der Waals surface area (Å²) in [5.74, 6) is 0.504. The Balaban J connectivity index is 1.47. The number of carbonyl (C=O) groups excluding carboxylic acids is 1. The molecule has 0 radical (unpaired) electrons. The average Bonchev–Trinajstić information content (AvgIpc) is 3.12. The molecule has 0 saturated heterocycles. The number of H-pyrrole nitrogens is 1. The summed E-state index contributed by atoms with van der Waals surface area (Å²) < 4.78 is 0. The molecular weight excluding hydrogens is 346 g/mol. The van der Waals surface area contributed by atoms with E-state index in [4.69, 9.17) is 0 Å². The summed E-state index contributed by atoms with van der Waals surface area (Å²) in [5, 5.41) is 3.68. The van der Waals surface area contributed by atoms with E-state index in [1.54, 1.807) is 11.3 Å². The van der Waals surface area contributed by atoms with Crippen molar-refractivity contribution < 1.29 is 4.79 Å². The fourth-order valence-electron chi connectivity index (χ4n) is 3.67. The molecular formula is C20H21N3O2S. The number of nitrogens with one attached hydrogen (secondary N) is 2. The van der Waals surface area contributed by atoms with Crippen LogP contribution in [-0.2, 0) is 24.1 Å². The van der Waals surface area contributed by atoms with E-state index in [1.165, 1.54) is 10.4 Å². The maximum Gasteiger partial charge on any atom is 0.259 e. The zero-order valence-electron chi connectivity index (χ0n) is 14.9. The van der Waals surface area contributed by atoms with Gasteiger partial charge in [-0.25, -0.2) is 4.98 Å². The summed E-state index contributed by atoms with van der Waals surface area (Å²) in [5.41, 5.74) is 4.14. The molecule has 0 unspecified atom stereocenters. The van der Waals surface area contributed by atoms with Crippen LogP contribution in [0.15, 0.2) is 23.0 Å². The molecule has 6 heteroatoms. The number of hydrogen-bond acceptors (Lipinski definition) is 4. The van der Waals surface area contributed by atoms with Gasteiger partial charge in [0.2, 0.25) is 5.91 Å². The number of fused-ring (bicyclic) bond motifs is 3. The highest BCUT2D eigenvalue weighted by molar-refractivity contribution is 7.18. The SMILES string of the molecule is Cc1cc(C)cc(NC(=O)CCc2nc3sc4c(c3c(=O)[nH]2)CCC4)c1. The summed E-state index contributed by atoms with van der Waals surface area (Å²) in [6.45, 7) is 4.01. The number of hydrogen-bond donors (Lipinski definition) is 2. The third-order valence-electron chi connectivity index (χ3n) is 4.72. The number of anilines is 1. The number of thiophene rings is 1. The van der Waals surface area contributed by atoms with Gasteiger partial charge >= 0.3 is 0 Å². The van der Waals surface area contributed by atoms with Gasteiger partial charge in [0.1, 0.15) is 10.7 Å². The quantitative estimate of drug-likeness (QED) is 0.739. The Morgan fingerprint density at radius 2 is 2.00 bits per heavy atom. The van der Waals surface area contributed by atoms with Crippen molar-refractivity contribution in [3.63, 3.8) is 0 Å². The van der Waals surface area contributed by atoms with Crippen molar-refractivity contribution in [1.82, 2.24) is 9.97 Å². The van der Waals surface area contributed by atoms with E-state index in [0.717, 1.165) is 46.3 Å². The first-order valence-corrected chi connectivity index (χ1v) is 9.73. The van der Waals surface area contributed by atoms with Gasteiger partial charge in [-0.1, -0.05) is 6.07 Å². The Bertz CT molecular complexity index is 1040. The summed E-state index contributed by atoms with van der Waals surface area (Å²) in [4.78, 5) is 34.2. The highest BCUT2D eigenvalue weighted by Gasteiger charge is 2.21. The first kappa shape index (κ1) is 17.0. The second kappa shape index (κ2) is 6.68. The Labute approximate surface area is 155 Å². The molecule has 1 aromatic carbocycles. The van der Waals surface area contributed by atoms with E-state index in [0.29, 0.717) is 12.2 Å². The number of amides is 1. The molecule has 2 heterocycles. The number of aryl methyl sites for hydroxylation is 5. The molecule has 1 amide bonds. The molecule has 26 heavy (non-hydrogen) atoms. The van der Waals surface area contributed by atoms with Crippen molar-refractivity contribution in [2.75, 3.05) is 5.32 Å².